The minimum absolute atomic E-state index is 0.0508. The van der Waals surface area contributed by atoms with Gasteiger partial charge in [0.1, 0.15) is 33.3 Å². The number of alkyl halides is 2. The van der Waals surface area contributed by atoms with Crippen LogP contribution in [-0.4, -0.2) is 66.9 Å². The summed E-state index contributed by atoms with van der Waals surface area (Å²) in [6.07, 6.45) is -1.60. The number of halogens is 3. The Morgan fingerprint density at radius 3 is 2.59 bits per heavy atom. The van der Waals surface area contributed by atoms with Gasteiger partial charge in [-0.1, -0.05) is 5.16 Å². The minimum Gasteiger partial charge on any atom is -0.470 e. The van der Waals surface area contributed by atoms with Crippen LogP contribution in [0, 0.1) is 5.82 Å². The van der Waals surface area contributed by atoms with E-state index in [1.165, 1.54) is 43.7 Å². The maximum Gasteiger partial charge on any atom is 0.410 e. The van der Waals surface area contributed by atoms with Gasteiger partial charge in [0, 0.05) is 24.2 Å². The number of amides is 1. The molecular formula is C24H25F3N6O5S. The largest absolute Gasteiger partial charge is 0.470 e. The summed E-state index contributed by atoms with van der Waals surface area (Å²) >= 11 is 0. The van der Waals surface area contributed by atoms with E-state index in [2.05, 4.69) is 29.8 Å². The predicted molar refractivity (Wildman–Crippen MR) is 136 cm³/mol. The predicted octanol–water partition coefficient (Wildman–Crippen LogP) is 4.35. The van der Waals surface area contributed by atoms with Crippen LogP contribution >= 0.6 is 0 Å². The minimum atomic E-state index is -3.10. The Hall–Kier alpha value is -4.01. The topological polar surface area (TPSA) is 152 Å². The van der Waals surface area contributed by atoms with Gasteiger partial charge >= 0.3 is 6.09 Å². The van der Waals surface area contributed by atoms with Crippen LogP contribution in [0.5, 0.6) is 5.88 Å². The molecule has 1 aromatic carbocycles. The number of nitrogens with zero attached hydrogens (tertiary/aromatic N) is 5. The fourth-order valence-electron chi connectivity index (χ4n) is 4.13. The summed E-state index contributed by atoms with van der Waals surface area (Å²) < 4.78 is 66.8. The average molecular weight is 567 g/mol. The van der Waals surface area contributed by atoms with E-state index >= 15 is 4.39 Å². The molecule has 0 saturated carbocycles. The second kappa shape index (κ2) is 10.3. The van der Waals surface area contributed by atoms with Crippen molar-refractivity contribution in [3.63, 3.8) is 0 Å². The van der Waals surface area contributed by atoms with Gasteiger partial charge in [-0.2, -0.15) is 0 Å². The fourth-order valence-corrected chi connectivity index (χ4v) is 6.46. The molecule has 0 bridgehead atoms. The number of aliphatic imine (C=N–C) groups is 1. The number of aromatic nitrogens is 3. The Kier molecular flexibility index (Phi) is 7.38. The molecule has 39 heavy (non-hydrogen) atoms. The van der Waals surface area contributed by atoms with E-state index in [4.69, 9.17) is 9.26 Å². The van der Waals surface area contributed by atoms with Crippen molar-refractivity contribution in [3.05, 3.63) is 48.0 Å². The first-order chi connectivity index (χ1) is 18.3. The summed E-state index contributed by atoms with van der Waals surface area (Å²) in [5.41, 5.74) is -0.435. The van der Waals surface area contributed by atoms with Crippen molar-refractivity contribution in [2.24, 2.45) is 9.36 Å². The van der Waals surface area contributed by atoms with Crippen LogP contribution in [0.2, 0.25) is 0 Å². The molecule has 1 aliphatic heterocycles. The van der Waals surface area contributed by atoms with E-state index in [0.29, 0.717) is 5.56 Å². The maximum absolute atomic E-state index is 15.2. The van der Waals surface area contributed by atoms with Gasteiger partial charge < -0.3 is 14.4 Å². The Morgan fingerprint density at radius 2 is 1.97 bits per heavy atom. The van der Waals surface area contributed by atoms with E-state index in [-0.39, 0.29) is 40.2 Å². The van der Waals surface area contributed by atoms with E-state index in [9.17, 15) is 22.9 Å². The van der Waals surface area contributed by atoms with Gasteiger partial charge in [-0.15, -0.1) is 0 Å². The molecule has 1 aliphatic rings. The summed E-state index contributed by atoms with van der Waals surface area (Å²) in [4.78, 5) is 24.0. The molecule has 4 rings (SSSR count). The number of rotatable bonds is 6. The molecule has 0 saturated heterocycles. The molecule has 11 nitrogen and oxygen atoms in total. The molecule has 0 fully saturated rings. The van der Waals surface area contributed by atoms with Gasteiger partial charge in [0.15, 0.2) is 12.4 Å². The van der Waals surface area contributed by atoms with Crippen molar-refractivity contribution >= 4 is 21.7 Å². The highest BCUT2D eigenvalue weighted by Gasteiger charge is 2.49. The number of amidine groups is 1. The van der Waals surface area contributed by atoms with Crippen molar-refractivity contribution in [3.8, 4) is 28.6 Å². The second-order valence-electron chi connectivity index (χ2n) is 9.36. The normalized spacial score (nSPS) is 22.3. The zero-order valence-electron chi connectivity index (χ0n) is 21.3. The standard InChI is InChI=1S/C24H25F3N6O5S/c1-23(2)21(31-22(34)35)32-24(3,12-39(23,36)28-4)14-7-13(5-6-15(14)25)18-8-16(33-38-18)17-9-30-20(10-29-17)37-11-19(26)27/h5-10,19H,11-12H2,1-4H3,(H,31,32)(H,34,35)/t24-,39+/m0/s1. The molecule has 3 aromatic rings. The molecular weight excluding hydrogens is 541 g/mol. The first kappa shape index (κ1) is 28.0. The van der Waals surface area contributed by atoms with E-state index in [1.54, 1.807) is 20.8 Å². The fraction of sp³-hybridized carbons (Fsp3) is 0.375. The van der Waals surface area contributed by atoms with Crippen molar-refractivity contribution in [2.75, 3.05) is 19.4 Å². The Labute approximate surface area is 221 Å². The summed E-state index contributed by atoms with van der Waals surface area (Å²) in [6.45, 7) is 3.88. The van der Waals surface area contributed by atoms with Crippen molar-refractivity contribution < 1.29 is 36.5 Å². The smallest absolute Gasteiger partial charge is 0.410 e. The van der Waals surface area contributed by atoms with E-state index < -0.39 is 45.0 Å². The molecule has 208 valence electrons. The molecule has 2 N–H and O–H groups in total. The molecule has 2 atom stereocenters. The molecule has 0 aliphatic carbocycles. The quantitative estimate of drug-likeness (QED) is 0.447. The number of carbonyl (C=O) groups is 1. The van der Waals surface area contributed by atoms with E-state index in [1.807, 2.05) is 0 Å². The van der Waals surface area contributed by atoms with Crippen LogP contribution in [0.3, 0.4) is 0 Å². The first-order valence-electron chi connectivity index (χ1n) is 11.5. The average Bonchev–Trinajstić information content (AvgIpc) is 3.37. The second-order valence-corrected chi connectivity index (χ2v) is 12.3. The third kappa shape index (κ3) is 5.44. The van der Waals surface area contributed by atoms with Crippen LogP contribution in [-0.2, 0) is 15.3 Å². The first-order valence-corrected chi connectivity index (χ1v) is 13.2. The van der Waals surface area contributed by atoms with Gasteiger partial charge in [-0.25, -0.2) is 36.5 Å². The molecule has 15 heteroatoms. The maximum atomic E-state index is 15.2. The van der Waals surface area contributed by atoms with Crippen LogP contribution in [0.4, 0.5) is 18.0 Å². The Bertz CT molecular complexity index is 1550. The number of carboxylic acid groups (broad SMARTS) is 1. The lowest BCUT2D eigenvalue weighted by atomic mass is 9.91. The number of hydrogen-bond donors (Lipinski definition) is 2. The summed E-state index contributed by atoms with van der Waals surface area (Å²) in [7, 11) is -1.72. The van der Waals surface area contributed by atoms with Gasteiger partial charge in [-0.3, -0.25) is 10.3 Å². The molecule has 3 heterocycles. The van der Waals surface area contributed by atoms with Crippen molar-refractivity contribution in [1.82, 2.24) is 20.4 Å². The summed E-state index contributed by atoms with van der Waals surface area (Å²) in [5.74, 6) is -0.749. The zero-order chi connectivity index (χ0) is 28.6. The van der Waals surface area contributed by atoms with Crippen LogP contribution in [0.1, 0.15) is 26.3 Å². The number of hydrogen-bond acceptors (Lipinski definition) is 9. The third-order valence-corrected chi connectivity index (χ3v) is 9.64. The van der Waals surface area contributed by atoms with Crippen LogP contribution in [0.15, 0.2) is 50.5 Å². The Morgan fingerprint density at radius 1 is 1.23 bits per heavy atom. The summed E-state index contributed by atoms with van der Waals surface area (Å²) in [5, 5.41) is 15.5. The van der Waals surface area contributed by atoms with E-state index in [0.717, 1.165) is 0 Å². The van der Waals surface area contributed by atoms with Crippen LogP contribution in [0.25, 0.3) is 22.7 Å². The lowest BCUT2D eigenvalue weighted by molar-refractivity contribution is 0.0794. The highest BCUT2D eigenvalue weighted by atomic mass is 32.2. The zero-order valence-corrected chi connectivity index (χ0v) is 22.1. The third-order valence-electron chi connectivity index (χ3n) is 6.31. The lowest BCUT2D eigenvalue weighted by Gasteiger charge is -2.41. The van der Waals surface area contributed by atoms with Gasteiger partial charge in [0.05, 0.1) is 27.9 Å². The molecule has 2 aromatic heterocycles. The molecule has 0 radical (unpaired) electrons. The molecule has 0 spiro atoms. The lowest BCUT2D eigenvalue weighted by Crippen LogP contribution is -2.57. The van der Waals surface area contributed by atoms with Crippen molar-refractivity contribution in [2.45, 2.75) is 37.5 Å². The highest BCUT2D eigenvalue weighted by molar-refractivity contribution is 7.95. The number of nitrogens with one attached hydrogen (secondary N) is 1. The van der Waals surface area contributed by atoms with Crippen LogP contribution < -0.4 is 10.1 Å². The Balaban J connectivity index is 1.71. The highest BCUT2D eigenvalue weighted by Crippen LogP contribution is 2.40. The number of benzene rings is 1. The van der Waals surface area contributed by atoms with Crippen molar-refractivity contribution in [1.29, 1.82) is 0 Å². The van der Waals surface area contributed by atoms with Gasteiger partial charge in [-0.05, 0) is 39.0 Å². The SMILES string of the molecule is CN=[S@@]1(=O)C[C@@](C)(c2cc(-c3cc(-c4cnc(OCC(F)F)cn4)no3)ccc2F)N=C(NC(=O)O)C1(C)C. The molecule has 0 unspecified atom stereocenters. The van der Waals surface area contributed by atoms with Gasteiger partial charge in [0.2, 0.25) is 5.88 Å². The molecule has 1 amide bonds. The summed E-state index contributed by atoms with van der Waals surface area (Å²) in [6, 6.07) is 5.63. The number of ether oxygens (including phenoxy) is 1. The monoisotopic (exact) mass is 566 g/mol. The van der Waals surface area contributed by atoms with Gasteiger partial charge in [0.25, 0.3) is 6.43 Å².